The van der Waals surface area contributed by atoms with Gasteiger partial charge in [0.2, 0.25) is 0 Å². The minimum Gasteiger partial charge on any atom is -0.392 e. The van der Waals surface area contributed by atoms with Crippen LogP contribution in [0.15, 0.2) is 24.3 Å². The molecule has 0 amide bonds. The predicted octanol–water partition coefficient (Wildman–Crippen LogP) is 2.40. The fourth-order valence-corrected chi connectivity index (χ4v) is 2.77. The van der Waals surface area contributed by atoms with Crippen LogP contribution in [0.5, 0.6) is 0 Å². The fourth-order valence-electron chi connectivity index (χ4n) is 1.56. The van der Waals surface area contributed by atoms with Gasteiger partial charge in [-0.1, -0.05) is 24.4 Å². The van der Waals surface area contributed by atoms with E-state index in [1.165, 1.54) is 4.70 Å². The molecule has 17 heavy (non-hydrogen) atoms. The summed E-state index contributed by atoms with van der Waals surface area (Å²) < 4.78 is 1.22. The summed E-state index contributed by atoms with van der Waals surface area (Å²) >= 11 is 6.71. The van der Waals surface area contributed by atoms with Crippen LogP contribution in [0.4, 0.5) is 0 Å². The Morgan fingerprint density at radius 2 is 2.24 bits per heavy atom. The maximum absolute atomic E-state index is 5.64. The number of thiocarbonyl (C=S) groups is 1. The van der Waals surface area contributed by atoms with E-state index in [0.717, 1.165) is 17.1 Å². The van der Waals surface area contributed by atoms with E-state index in [-0.39, 0.29) is 6.04 Å². The minimum atomic E-state index is 0.0945. The van der Waals surface area contributed by atoms with Crippen LogP contribution >= 0.6 is 23.6 Å². The highest BCUT2D eigenvalue weighted by atomic mass is 32.1. The summed E-state index contributed by atoms with van der Waals surface area (Å²) in [7, 11) is 2.01. The summed E-state index contributed by atoms with van der Waals surface area (Å²) in [6, 6.07) is 8.26. The van der Waals surface area contributed by atoms with Crippen LogP contribution in [-0.4, -0.2) is 28.0 Å². The van der Waals surface area contributed by atoms with Crippen LogP contribution in [0, 0.1) is 0 Å². The predicted molar refractivity (Wildman–Crippen MR) is 77.3 cm³/mol. The number of nitrogens with two attached hydrogens (primary N) is 1. The smallest absolute Gasteiger partial charge is 0.108 e. The normalized spacial score (nSPS) is 13.1. The average molecular weight is 265 g/mol. The second-order valence-corrected chi connectivity index (χ2v) is 5.66. The minimum absolute atomic E-state index is 0.0945. The van der Waals surface area contributed by atoms with Gasteiger partial charge in [-0.2, -0.15) is 0 Å². The summed E-state index contributed by atoms with van der Waals surface area (Å²) in [5, 5.41) is 1.09. The van der Waals surface area contributed by atoms with Crippen molar-refractivity contribution in [1.82, 2.24) is 9.88 Å². The molecule has 0 aliphatic carbocycles. The van der Waals surface area contributed by atoms with E-state index in [9.17, 15) is 0 Å². The van der Waals surface area contributed by atoms with Gasteiger partial charge in [0, 0.05) is 0 Å². The van der Waals surface area contributed by atoms with E-state index in [1.807, 2.05) is 32.2 Å². The molecule has 0 fully saturated rings. The zero-order chi connectivity index (χ0) is 12.4. The summed E-state index contributed by atoms with van der Waals surface area (Å²) in [6.45, 7) is 2.79. The van der Waals surface area contributed by atoms with E-state index in [4.69, 9.17) is 18.0 Å². The Bertz CT molecular complexity index is 502. The van der Waals surface area contributed by atoms with E-state index in [2.05, 4.69) is 16.0 Å². The van der Waals surface area contributed by atoms with Crippen molar-refractivity contribution in [2.45, 2.75) is 19.5 Å². The zero-order valence-electron chi connectivity index (χ0n) is 9.88. The summed E-state index contributed by atoms with van der Waals surface area (Å²) in [5.41, 5.74) is 6.70. The highest BCUT2D eigenvalue weighted by Gasteiger charge is 2.14. The third kappa shape index (κ3) is 2.80. The zero-order valence-corrected chi connectivity index (χ0v) is 11.5. The molecule has 0 aliphatic rings. The number of likely N-dealkylation sites (N-methyl/N-ethyl adjacent to an activating group) is 1. The maximum atomic E-state index is 5.64. The number of para-hydroxylation sites is 1. The van der Waals surface area contributed by atoms with Crippen molar-refractivity contribution >= 4 is 38.8 Å². The lowest BCUT2D eigenvalue weighted by molar-refractivity contribution is 0.304. The molecule has 0 spiro atoms. The third-order valence-corrected chi connectivity index (χ3v) is 4.16. The first-order chi connectivity index (χ1) is 8.08. The van der Waals surface area contributed by atoms with E-state index in [0.29, 0.717) is 4.99 Å². The molecule has 2 aromatic rings. The van der Waals surface area contributed by atoms with Crippen molar-refractivity contribution in [3.63, 3.8) is 0 Å². The molecule has 0 saturated heterocycles. The molecule has 0 saturated carbocycles. The molecule has 2 N–H and O–H groups in total. The summed E-state index contributed by atoms with van der Waals surface area (Å²) in [5.74, 6) is 0. The number of rotatable bonds is 4. The highest BCUT2D eigenvalue weighted by Crippen LogP contribution is 2.22. The van der Waals surface area contributed by atoms with Crippen molar-refractivity contribution in [3.05, 3.63) is 29.3 Å². The third-order valence-electron chi connectivity index (χ3n) is 2.80. The molecular formula is C12H15N3S2. The average Bonchev–Trinajstić information content (AvgIpc) is 2.69. The van der Waals surface area contributed by atoms with Crippen LogP contribution in [-0.2, 0) is 6.54 Å². The van der Waals surface area contributed by atoms with Gasteiger partial charge in [0.1, 0.15) is 5.01 Å². The highest BCUT2D eigenvalue weighted by molar-refractivity contribution is 7.80. The number of thiazole rings is 1. The first-order valence-corrected chi connectivity index (χ1v) is 6.64. The van der Waals surface area contributed by atoms with Crippen molar-refractivity contribution in [3.8, 4) is 0 Å². The number of hydrogen-bond donors (Lipinski definition) is 1. The van der Waals surface area contributed by atoms with Crippen LogP contribution in [0.1, 0.15) is 11.9 Å². The molecule has 3 nitrogen and oxygen atoms in total. The van der Waals surface area contributed by atoms with Gasteiger partial charge in [-0.15, -0.1) is 11.3 Å². The van der Waals surface area contributed by atoms with E-state index >= 15 is 0 Å². The van der Waals surface area contributed by atoms with E-state index < -0.39 is 0 Å². The molecule has 90 valence electrons. The molecule has 0 radical (unpaired) electrons. The van der Waals surface area contributed by atoms with Crippen molar-refractivity contribution in [2.24, 2.45) is 5.73 Å². The Morgan fingerprint density at radius 1 is 1.53 bits per heavy atom. The first kappa shape index (κ1) is 12.4. The molecule has 1 aromatic carbocycles. The van der Waals surface area contributed by atoms with Crippen LogP contribution in [0.25, 0.3) is 10.2 Å². The molecule has 1 aromatic heterocycles. The van der Waals surface area contributed by atoms with Crippen LogP contribution in [0.3, 0.4) is 0 Å². The Hall–Kier alpha value is -1.04. The largest absolute Gasteiger partial charge is 0.392 e. The molecule has 1 unspecified atom stereocenters. The SMILES string of the molecule is CC(C(N)=S)N(C)Cc1nc2ccccc2s1. The number of aromatic nitrogens is 1. The maximum Gasteiger partial charge on any atom is 0.108 e. The topological polar surface area (TPSA) is 42.1 Å². The number of hydrogen-bond acceptors (Lipinski definition) is 4. The van der Waals surface area contributed by atoms with Gasteiger partial charge in [-0.3, -0.25) is 4.90 Å². The summed E-state index contributed by atoms with van der Waals surface area (Å²) in [4.78, 5) is 7.22. The molecule has 0 aliphatic heterocycles. The fraction of sp³-hybridized carbons (Fsp3) is 0.333. The second-order valence-electron chi connectivity index (χ2n) is 4.07. The Labute approximate surface area is 110 Å². The summed E-state index contributed by atoms with van der Waals surface area (Å²) in [6.07, 6.45) is 0. The van der Waals surface area contributed by atoms with Gasteiger partial charge in [0.15, 0.2) is 0 Å². The quantitative estimate of drug-likeness (QED) is 0.862. The lowest BCUT2D eigenvalue weighted by Gasteiger charge is -2.22. The monoisotopic (exact) mass is 265 g/mol. The van der Waals surface area contributed by atoms with Crippen molar-refractivity contribution < 1.29 is 0 Å². The van der Waals surface area contributed by atoms with Gasteiger partial charge in [0.05, 0.1) is 27.8 Å². The van der Waals surface area contributed by atoms with Crippen LogP contribution in [0.2, 0.25) is 0 Å². The number of nitrogens with zero attached hydrogens (tertiary/aromatic N) is 2. The first-order valence-electron chi connectivity index (χ1n) is 5.42. The number of benzene rings is 1. The van der Waals surface area contributed by atoms with Crippen molar-refractivity contribution in [2.75, 3.05) is 7.05 Å². The molecule has 5 heteroatoms. The van der Waals surface area contributed by atoms with Gasteiger partial charge >= 0.3 is 0 Å². The lowest BCUT2D eigenvalue weighted by atomic mass is 10.3. The van der Waals surface area contributed by atoms with Crippen LogP contribution < -0.4 is 5.73 Å². The molecule has 0 bridgehead atoms. The van der Waals surface area contributed by atoms with Gasteiger partial charge in [-0.25, -0.2) is 4.98 Å². The number of fused-ring (bicyclic) bond motifs is 1. The van der Waals surface area contributed by atoms with Gasteiger partial charge in [-0.05, 0) is 26.1 Å². The molecule has 1 heterocycles. The molecular weight excluding hydrogens is 250 g/mol. The standard InChI is InChI=1S/C12H15N3S2/c1-8(12(13)16)15(2)7-11-14-9-5-3-4-6-10(9)17-11/h3-6,8H,7H2,1-2H3,(H2,13,16). The van der Waals surface area contributed by atoms with E-state index in [1.54, 1.807) is 11.3 Å². The lowest BCUT2D eigenvalue weighted by Crippen LogP contribution is -2.38. The Morgan fingerprint density at radius 3 is 2.88 bits per heavy atom. The Balaban J connectivity index is 2.15. The van der Waals surface area contributed by atoms with Crippen molar-refractivity contribution in [1.29, 1.82) is 0 Å². The Kier molecular flexibility index (Phi) is 3.71. The van der Waals surface area contributed by atoms with Gasteiger partial charge in [0.25, 0.3) is 0 Å². The van der Waals surface area contributed by atoms with Gasteiger partial charge < -0.3 is 5.73 Å². The molecule has 2 rings (SSSR count). The molecule has 1 atom stereocenters. The second kappa shape index (κ2) is 5.08.